The number of likely N-dealkylation sites (tertiary alicyclic amines) is 1. The first-order valence-electron chi connectivity index (χ1n) is 10.8. The summed E-state index contributed by atoms with van der Waals surface area (Å²) in [4.78, 5) is 14.5. The molecule has 1 aromatic carbocycles. The van der Waals surface area contributed by atoms with Gasteiger partial charge in [0.25, 0.3) is 0 Å². The highest BCUT2D eigenvalue weighted by molar-refractivity contribution is 5.88. The Morgan fingerprint density at radius 2 is 2.20 bits per heavy atom. The molecule has 6 heteroatoms. The number of ether oxygens (including phenoxy) is 1. The molecule has 0 saturated carbocycles. The Labute approximate surface area is 179 Å². The highest BCUT2D eigenvalue weighted by Gasteiger charge is 2.25. The maximum absolute atomic E-state index is 12.6. The van der Waals surface area contributed by atoms with Crippen LogP contribution in [0.2, 0.25) is 0 Å². The summed E-state index contributed by atoms with van der Waals surface area (Å²) in [5.74, 6) is 2.26. The molecule has 1 aliphatic heterocycles. The van der Waals surface area contributed by atoms with E-state index < -0.39 is 0 Å². The van der Waals surface area contributed by atoms with Crippen molar-refractivity contribution in [2.75, 3.05) is 25.0 Å². The smallest absolute Gasteiger partial charge is 0.324 e. The fourth-order valence-electron chi connectivity index (χ4n) is 3.48. The molecular weight excluding hydrogens is 378 g/mol. The van der Waals surface area contributed by atoms with Gasteiger partial charge in [-0.1, -0.05) is 49.7 Å². The van der Waals surface area contributed by atoms with Gasteiger partial charge in [-0.15, -0.1) is 0 Å². The minimum Gasteiger partial charge on any atom is -0.494 e. The molecule has 6 nitrogen and oxygen atoms in total. The SMILES string of the molecule is Cc1noc(NC(=O)N2CC/C(=C\c3cccc(OCCC(C)C)c3)C(C)C2)c1C. The van der Waals surface area contributed by atoms with Crippen LogP contribution >= 0.6 is 0 Å². The van der Waals surface area contributed by atoms with E-state index in [1.807, 2.05) is 30.9 Å². The number of aromatic nitrogens is 1. The standard InChI is InChI=1S/C24H33N3O3/c1-16(2)10-12-29-22-8-6-7-20(14-22)13-21-9-11-27(15-17(21)3)24(28)25-23-18(4)19(5)26-30-23/h6-8,13-14,16-17H,9-12,15H2,1-5H3,(H,25,28)/b21-13+. The summed E-state index contributed by atoms with van der Waals surface area (Å²) >= 11 is 0. The summed E-state index contributed by atoms with van der Waals surface area (Å²) in [7, 11) is 0. The van der Waals surface area contributed by atoms with Gasteiger partial charge in [-0.25, -0.2) is 4.79 Å². The van der Waals surface area contributed by atoms with Gasteiger partial charge in [-0.05, 0) is 56.2 Å². The average molecular weight is 412 g/mol. The number of anilines is 1. The molecule has 1 atom stereocenters. The number of benzene rings is 1. The molecule has 1 aliphatic rings. The lowest BCUT2D eigenvalue weighted by molar-refractivity contribution is 0.197. The third kappa shape index (κ3) is 5.65. The molecule has 2 heterocycles. The molecule has 1 fully saturated rings. The van der Waals surface area contributed by atoms with E-state index >= 15 is 0 Å². The number of carbonyl (C=O) groups excluding carboxylic acids is 1. The van der Waals surface area contributed by atoms with E-state index in [1.54, 1.807) is 0 Å². The highest BCUT2D eigenvalue weighted by atomic mass is 16.5. The van der Waals surface area contributed by atoms with Crippen molar-refractivity contribution in [2.24, 2.45) is 11.8 Å². The lowest BCUT2D eigenvalue weighted by Gasteiger charge is -2.33. The number of hydrogen-bond donors (Lipinski definition) is 1. The Morgan fingerprint density at radius 3 is 2.87 bits per heavy atom. The molecule has 0 bridgehead atoms. The van der Waals surface area contributed by atoms with Gasteiger partial charge >= 0.3 is 6.03 Å². The maximum atomic E-state index is 12.6. The molecule has 0 radical (unpaired) electrons. The third-order valence-corrected chi connectivity index (χ3v) is 5.64. The van der Waals surface area contributed by atoms with Crippen LogP contribution in [-0.4, -0.2) is 35.8 Å². The van der Waals surface area contributed by atoms with Crippen LogP contribution in [-0.2, 0) is 0 Å². The van der Waals surface area contributed by atoms with Gasteiger partial charge in [0, 0.05) is 18.7 Å². The number of nitrogens with zero attached hydrogens (tertiary/aromatic N) is 2. The van der Waals surface area contributed by atoms with E-state index in [0.717, 1.165) is 42.0 Å². The minimum atomic E-state index is -0.138. The molecule has 0 aliphatic carbocycles. The van der Waals surface area contributed by atoms with Crippen LogP contribution in [0.15, 0.2) is 34.4 Å². The molecule has 2 aromatic rings. The molecule has 1 aromatic heterocycles. The van der Waals surface area contributed by atoms with Crippen LogP contribution in [0, 0.1) is 25.7 Å². The van der Waals surface area contributed by atoms with E-state index in [1.165, 1.54) is 5.57 Å². The summed E-state index contributed by atoms with van der Waals surface area (Å²) in [6.45, 7) is 12.4. The second-order valence-electron chi connectivity index (χ2n) is 8.57. The van der Waals surface area contributed by atoms with Crippen molar-refractivity contribution in [2.45, 2.75) is 47.5 Å². The first kappa shape index (κ1) is 21.9. The maximum Gasteiger partial charge on any atom is 0.324 e. The molecule has 2 amide bonds. The predicted molar refractivity (Wildman–Crippen MR) is 120 cm³/mol. The van der Waals surface area contributed by atoms with Gasteiger partial charge in [0.1, 0.15) is 5.75 Å². The Bertz CT molecular complexity index is 901. The van der Waals surface area contributed by atoms with Crippen LogP contribution in [0.25, 0.3) is 6.08 Å². The second kappa shape index (κ2) is 9.83. The largest absolute Gasteiger partial charge is 0.494 e. The Balaban J connectivity index is 1.59. The fraction of sp³-hybridized carbons (Fsp3) is 0.500. The summed E-state index contributed by atoms with van der Waals surface area (Å²) < 4.78 is 11.1. The summed E-state index contributed by atoms with van der Waals surface area (Å²) in [6.07, 6.45) is 4.13. The number of aryl methyl sites for hydroxylation is 1. The lowest BCUT2D eigenvalue weighted by Crippen LogP contribution is -2.42. The molecule has 30 heavy (non-hydrogen) atoms. The first-order valence-corrected chi connectivity index (χ1v) is 10.8. The number of amides is 2. The highest BCUT2D eigenvalue weighted by Crippen LogP contribution is 2.27. The summed E-state index contributed by atoms with van der Waals surface area (Å²) in [5, 5.41) is 6.74. The van der Waals surface area contributed by atoms with Crippen molar-refractivity contribution in [3.05, 3.63) is 46.7 Å². The molecule has 162 valence electrons. The van der Waals surface area contributed by atoms with Crippen molar-refractivity contribution >= 4 is 18.0 Å². The number of nitrogens with one attached hydrogen (secondary N) is 1. The predicted octanol–water partition coefficient (Wildman–Crippen LogP) is 5.67. The lowest BCUT2D eigenvalue weighted by atomic mass is 9.91. The normalized spacial score (nSPS) is 18.1. The van der Waals surface area contributed by atoms with Crippen LogP contribution in [0.5, 0.6) is 5.75 Å². The zero-order valence-corrected chi connectivity index (χ0v) is 18.7. The van der Waals surface area contributed by atoms with E-state index in [2.05, 4.69) is 49.5 Å². The number of rotatable bonds is 6. The molecule has 3 rings (SSSR count). The Morgan fingerprint density at radius 1 is 1.40 bits per heavy atom. The number of piperidine rings is 1. The first-order chi connectivity index (χ1) is 14.3. The van der Waals surface area contributed by atoms with Gasteiger partial charge in [0.05, 0.1) is 12.3 Å². The molecule has 0 spiro atoms. The van der Waals surface area contributed by atoms with Gasteiger partial charge in [0.2, 0.25) is 5.88 Å². The Hall–Kier alpha value is -2.76. The monoisotopic (exact) mass is 411 g/mol. The Kier molecular flexibility index (Phi) is 7.19. The number of carbonyl (C=O) groups is 1. The van der Waals surface area contributed by atoms with Crippen molar-refractivity contribution in [3.63, 3.8) is 0 Å². The van der Waals surface area contributed by atoms with Gasteiger partial charge in [-0.2, -0.15) is 0 Å². The number of urea groups is 1. The zero-order valence-electron chi connectivity index (χ0n) is 18.7. The quantitative estimate of drug-likeness (QED) is 0.665. The van der Waals surface area contributed by atoms with E-state index in [0.29, 0.717) is 24.9 Å². The fourth-order valence-corrected chi connectivity index (χ4v) is 3.48. The van der Waals surface area contributed by atoms with Crippen molar-refractivity contribution in [3.8, 4) is 5.75 Å². The molecule has 1 saturated heterocycles. The van der Waals surface area contributed by atoms with Crippen molar-refractivity contribution in [1.82, 2.24) is 10.1 Å². The van der Waals surface area contributed by atoms with Crippen LogP contribution < -0.4 is 10.1 Å². The van der Waals surface area contributed by atoms with Gasteiger partial charge in [0.15, 0.2) is 0 Å². The number of hydrogen-bond acceptors (Lipinski definition) is 4. The van der Waals surface area contributed by atoms with Crippen molar-refractivity contribution < 1.29 is 14.1 Å². The van der Waals surface area contributed by atoms with Crippen molar-refractivity contribution in [1.29, 1.82) is 0 Å². The minimum absolute atomic E-state index is 0.138. The third-order valence-electron chi connectivity index (χ3n) is 5.64. The molecule has 1 N–H and O–H groups in total. The van der Waals surface area contributed by atoms with Crippen LogP contribution in [0.3, 0.4) is 0 Å². The van der Waals surface area contributed by atoms with E-state index in [-0.39, 0.29) is 11.9 Å². The molecular formula is C24H33N3O3. The van der Waals surface area contributed by atoms with Crippen LogP contribution in [0.1, 0.15) is 50.4 Å². The van der Waals surface area contributed by atoms with Gasteiger partial charge in [-0.3, -0.25) is 5.32 Å². The van der Waals surface area contributed by atoms with Crippen LogP contribution in [0.4, 0.5) is 10.7 Å². The average Bonchev–Trinajstić information content (AvgIpc) is 3.01. The summed E-state index contributed by atoms with van der Waals surface area (Å²) in [5.41, 5.74) is 4.15. The molecule has 1 unspecified atom stereocenters. The zero-order chi connectivity index (χ0) is 21.7. The van der Waals surface area contributed by atoms with Gasteiger partial charge < -0.3 is 14.2 Å². The van der Waals surface area contributed by atoms with E-state index in [9.17, 15) is 4.79 Å². The van der Waals surface area contributed by atoms with E-state index in [4.69, 9.17) is 9.26 Å². The second-order valence-corrected chi connectivity index (χ2v) is 8.57. The summed E-state index contributed by atoms with van der Waals surface area (Å²) in [6, 6.07) is 8.09. The topological polar surface area (TPSA) is 67.6 Å².